The maximum Gasteiger partial charge on any atom is 0.178 e. The van der Waals surface area contributed by atoms with Crippen molar-refractivity contribution in [1.82, 2.24) is 14.5 Å². The number of aromatic amines is 1. The molecular formula is C14H18ClN3S. The van der Waals surface area contributed by atoms with Crippen molar-refractivity contribution >= 4 is 34.9 Å². The largest absolute Gasteiger partial charge is 0.331 e. The van der Waals surface area contributed by atoms with E-state index in [9.17, 15) is 0 Å². The predicted octanol–water partition coefficient (Wildman–Crippen LogP) is 4.01. The van der Waals surface area contributed by atoms with Crippen LogP contribution >= 0.6 is 23.8 Å². The standard InChI is InChI=1S/C14H18ClN3S/c1-10(9-17-6-2-3-7-17)18-13-8-11(15)4-5-12(13)16-14(18)19/h4-5,8,10H,2-3,6-7,9H2,1H3,(H,16,19). The molecule has 0 amide bonds. The molecule has 1 N–H and O–H groups in total. The van der Waals surface area contributed by atoms with Gasteiger partial charge in [-0.3, -0.25) is 0 Å². The van der Waals surface area contributed by atoms with Crippen molar-refractivity contribution in [3.63, 3.8) is 0 Å². The molecule has 2 heterocycles. The van der Waals surface area contributed by atoms with Crippen LogP contribution in [0.2, 0.25) is 5.02 Å². The number of hydrogen-bond donors (Lipinski definition) is 1. The third-order valence-electron chi connectivity index (χ3n) is 3.84. The van der Waals surface area contributed by atoms with Gasteiger partial charge in [-0.1, -0.05) is 11.6 Å². The first-order chi connectivity index (χ1) is 9.15. The number of likely N-dealkylation sites (tertiary alicyclic amines) is 1. The Morgan fingerprint density at radius 3 is 2.84 bits per heavy atom. The molecule has 1 fully saturated rings. The maximum absolute atomic E-state index is 6.10. The number of halogens is 1. The zero-order valence-corrected chi connectivity index (χ0v) is 12.6. The van der Waals surface area contributed by atoms with Gasteiger partial charge >= 0.3 is 0 Å². The number of rotatable bonds is 3. The minimum absolute atomic E-state index is 0.359. The quantitative estimate of drug-likeness (QED) is 0.865. The van der Waals surface area contributed by atoms with Crippen LogP contribution in [0.1, 0.15) is 25.8 Å². The average Bonchev–Trinajstić information content (AvgIpc) is 2.95. The second-order valence-electron chi connectivity index (χ2n) is 5.32. The van der Waals surface area contributed by atoms with Gasteiger partial charge in [-0.15, -0.1) is 0 Å². The monoisotopic (exact) mass is 295 g/mol. The second kappa shape index (κ2) is 5.27. The Hall–Kier alpha value is -0.840. The lowest BCUT2D eigenvalue weighted by Crippen LogP contribution is -2.27. The molecular weight excluding hydrogens is 278 g/mol. The molecule has 1 aliphatic rings. The highest BCUT2D eigenvalue weighted by molar-refractivity contribution is 7.71. The normalized spacial score (nSPS) is 18.2. The molecule has 1 aromatic carbocycles. The molecule has 0 bridgehead atoms. The topological polar surface area (TPSA) is 24.0 Å². The molecule has 5 heteroatoms. The van der Waals surface area contributed by atoms with E-state index >= 15 is 0 Å². The van der Waals surface area contributed by atoms with E-state index in [1.54, 1.807) is 0 Å². The van der Waals surface area contributed by atoms with Gasteiger partial charge in [0.15, 0.2) is 4.77 Å². The second-order valence-corrected chi connectivity index (χ2v) is 6.14. The van der Waals surface area contributed by atoms with Crippen LogP contribution in [-0.2, 0) is 0 Å². The van der Waals surface area contributed by atoms with Crippen LogP contribution in [0.25, 0.3) is 11.0 Å². The number of imidazole rings is 1. The highest BCUT2D eigenvalue weighted by Gasteiger charge is 2.17. The van der Waals surface area contributed by atoms with Gasteiger partial charge in [0.25, 0.3) is 0 Å². The van der Waals surface area contributed by atoms with E-state index in [1.165, 1.54) is 25.9 Å². The van der Waals surface area contributed by atoms with Gasteiger partial charge in [0.2, 0.25) is 0 Å². The van der Waals surface area contributed by atoms with Crippen LogP contribution in [0.3, 0.4) is 0 Å². The summed E-state index contributed by atoms with van der Waals surface area (Å²) in [5.41, 5.74) is 2.16. The molecule has 2 aromatic rings. The van der Waals surface area contributed by atoms with Crippen molar-refractivity contribution in [3.8, 4) is 0 Å². The lowest BCUT2D eigenvalue weighted by Gasteiger charge is -2.22. The highest BCUT2D eigenvalue weighted by Crippen LogP contribution is 2.24. The number of H-pyrrole nitrogens is 1. The highest BCUT2D eigenvalue weighted by atomic mass is 35.5. The lowest BCUT2D eigenvalue weighted by molar-refractivity contribution is 0.289. The summed E-state index contributed by atoms with van der Waals surface area (Å²) in [4.78, 5) is 5.77. The van der Waals surface area contributed by atoms with Gasteiger partial charge in [0, 0.05) is 17.6 Å². The fourth-order valence-electron chi connectivity index (χ4n) is 2.95. The molecule has 1 aliphatic heterocycles. The Kier molecular flexibility index (Phi) is 3.65. The zero-order chi connectivity index (χ0) is 13.4. The molecule has 3 nitrogen and oxygen atoms in total. The minimum atomic E-state index is 0.359. The number of nitrogens with one attached hydrogen (secondary N) is 1. The van der Waals surface area contributed by atoms with Crippen molar-refractivity contribution in [2.75, 3.05) is 19.6 Å². The van der Waals surface area contributed by atoms with Gasteiger partial charge in [0.05, 0.1) is 11.0 Å². The van der Waals surface area contributed by atoms with E-state index < -0.39 is 0 Å². The van der Waals surface area contributed by atoms with Crippen molar-refractivity contribution < 1.29 is 0 Å². The minimum Gasteiger partial charge on any atom is -0.331 e. The number of benzene rings is 1. The fourth-order valence-corrected chi connectivity index (χ4v) is 3.51. The Balaban J connectivity index is 1.96. The van der Waals surface area contributed by atoms with E-state index in [1.807, 2.05) is 18.2 Å². The number of hydrogen-bond acceptors (Lipinski definition) is 2. The third kappa shape index (κ3) is 2.57. The molecule has 0 saturated carbocycles. The van der Waals surface area contributed by atoms with Crippen molar-refractivity contribution in [3.05, 3.63) is 28.0 Å². The van der Waals surface area contributed by atoms with E-state index in [-0.39, 0.29) is 0 Å². The van der Waals surface area contributed by atoms with Gasteiger partial charge in [-0.25, -0.2) is 0 Å². The first kappa shape index (κ1) is 13.2. The predicted molar refractivity (Wildman–Crippen MR) is 82.5 cm³/mol. The summed E-state index contributed by atoms with van der Waals surface area (Å²) < 4.78 is 2.97. The maximum atomic E-state index is 6.10. The molecule has 1 unspecified atom stereocenters. The molecule has 19 heavy (non-hydrogen) atoms. The van der Waals surface area contributed by atoms with E-state index in [4.69, 9.17) is 23.8 Å². The molecule has 102 valence electrons. The number of fused-ring (bicyclic) bond motifs is 1. The summed E-state index contributed by atoms with van der Waals surface area (Å²) in [6, 6.07) is 6.23. The zero-order valence-electron chi connectivity index (χ0n) is 11.0. The molecule has 1 atom stereocenters. The first-order valence-electron chi connectivity index (χ1n) is 6.77. The van der Waals surface area contributed by atoms with Crippen molar-refractivity contribution in [2.45, 2.75) is 25.8 Å². The molecule has 0 aliphatic carbocycles. The SMILES string of the molecule is CC(CN1CCCC1)n1c(=S)[nH]c2ccc(Cl)cc21. The molecule has 3 rings (SSSR count). The Labute approximate surface area is 123 Å². The van der Waals surface area contributed by atoms with E-state index in [0.29, 0.717) is 6.04 Å². The van der Waals surface area contributed by atoms with E-state index in [0.717, 1.165) is 27.4 Å². The Morgan fingerprint density at radius 2 is 2.11 bits per heavy atom. The van der Waals surface area contributed by atoms with Crippen LogP contribution in [-0.4, -0.2) is 34.1 Å². The summed E-state index contributed by atoms with van der Waals surface area (Å²) in [5, 5.41) is 0.753. The Bertz CT molecular complexity index is 640. The summed E-state index contributed by atoms with van der Waals surface area (Å²) in [6.45, 7) is 5.69. The average molecular weight is 296 g/mol. The lowest BCUT2D eigenvalue weighted by atomic mass is 10.2. The first-order valence-corrected chi connectivity index (χ1v) is 7.56. The van der Waals surface area contributed by atoms with Crippen LogP contribution in [0.5, 0.6) is 0 Å². The summed E-state index contributed by atoms with van der Waals surface area (Å²) in [6.07, 6.45) is 2.63. The van der Waals surface area contributed by atoms with Crippen molar-refractivity contribution in [2.24, 2.45) is 0 Å². The summed E-state index contributed by atoms with van der Waals surface area (Å²) >= 11 is 11.6. The summed E-state index contributed by atoms with van der Waals surface area (Å²) in [7, 11) is 0. The smallest absolute Gasteiger partial charge is 0.178 e. The molecule has 0 spiro atoms. The van der Waals surface area contributed by atoms with Gasteiger partial charge in [-0.2, -0.15) is 0 Å². The van der Waals surface area contributed by atoms with Crippen LogP contribution in [0.15, 0.2) is 18.2 Å². The van der Waals surface area contributed by atoms with Gasteiger partial charge in [0.1, 0.15) is 0 Å². The van der Waals surface area contributed by atoms with Crippen LogP contribution < -0.4 is 0 Å². The fraction of sp³-hybridized carbons (Fsp3) is 0.500. The van der Waals surface area contributed by atoms with E-state index in [2.05, 4.69) is 21.4 Å². The van der Waals surface area contributed by atoms with Crippen molar-refractivity contribution in [1.29, 1.82) is 0 Å². The number of nitrogens with zero attached hydrogens (tertiary/aromatic N) is 2. The van der Waals surface area contributed by atoms with Gasteiger partial charge in [-0.05, 0) is 63.3 Å². The Morgan fingerprint density at radius 1 is 1.37 bits per heavy atom. The number of aromatic nitrogens is 2. The molecule has 0 radical (unpaired) electrons. The molecule has 1 aromatic heterocycles. The summed E-state index contributed by atoms with van der Waals surface area (Å²) in [5.74, 6) is 0. The third-order valence-corrected chi connectivity index (χ3v) is 4.38. The molecule has 1 saturated heterocycles. The van der Waals surface area contributed by atoms with Crippen LogP contribution in [0, 0.1) is 4.77 Å². The van der Waals surface area contributed by atoms with Crippen LogP contribution in [0.4, 0.5) is 0 Å². The van der Waals surface area contributed by atoms with Gasteiger partial charge < -0.3 is 14.5 Å².